The first-order valence-corrected chi connectivity index (χ1v) is 14.6. The Bertz CT molecular complexity index is 1410. The average Bonchev–Trinajstić information content (AvgIpc) is 3.50. The van der Waals surface area contributed by atoms with Crippen molar-refractivity contribution in [1.82, 2.24) is 20.0 Å². The summed E-state index contributed by atoms with van der Waals surface area (Å²) in [7, 11) is 3.06. The molecule has 1 aliphatic heterocycles. The molecule has 236 valence electrons. The summed E-state index contributed by atoms with van der Waals surface area (Å²) in [6.07, 6.45) is 5.48. The van der Waals surface area contributed by atoms with Crippen molar-refractivity contribution in [3.8, 4) is 16.9 Å². The van der Waals surface area contributed by atoms with Crippen LogP contribution < -0.4 is 15.4 Å². The van der Waals surface area contributed by atoms with Crippen LogP contribution >= 0.6 is 0 Å². The van der Waals surface area contributed by atoms with Gasteiger partial charge in [-0.3, -0.25) is 4.79 Å². The topological polar surface area (TPSA) is 133 Å². The summed E-state index contributed by atoms with van der Waals surface area (Å²) in [5.74, 6) is 0.0501. The van der Waals surface area contributed by atoms with E-state index in [1.807, 2.05) is 23.0 Å². The molecule has 1 saturated heterocycles. The van der Waals surface area contributed by atoms with Crippen LogP contribution in [0.25, 0.3) is 11.1 Å². The van der Waals surface area contributed by atoms with Gasteiger partial charge < -0.3 is 34.5 Å². The Morgan fingerprint density at radius 1 is 1.11 bits per heavy atom. The lowest BCUT2D eigenvalue weighted by Gasteiger charge is -2.24. The highest BCUT2D eigenvalue weighted by molar-refractivity contribution is 5.97. The van der Waals surface area contributed by atoms with E-state index in [-0.39, 0.29) is 19.4 Å². The van der Waals surface area contributed by atoms with Crippen LogP contribution in [0.2, 0.25) is 0 Å². The summed E-state index contributed by atoms with van der Waals surface area (Å²) in [6, 6.07) is 13.1. The standard InChI is InChI=1S/C32H41N5O7/c1-32(2,3)44-31(40)36(4)16-18-43-30(39)35-28(23-9-8-10-26(19-23)41-5)29(38)34-25-14-12-22(13-15-25)24-20-33-37(21-24)27-11-6-7-17-42-27/h8-10,12-15,19-21,27-28H,6-7,11,16-18H2,1-5H3,(H,34,38)(H,35,39). The van der Waals surface area contributed by atoms with E-state index in [4.69, 9.17) is 18.9 Å². The zero-order valence-electron chi connectivity index (χ0n) is 25.9. The van der Waals surface area contributed by atoms with Crippen LogP contribution in [0.1, 0.15) is 57.9 Å². The lowest BCUT2D eigenvalue weighted by molar-refractivity contribution is -0.118. The minimum absolute atomic E-state index is 0.0466. The molecule has 4 rings (SSSR count). The molecule has 1 fully saturated rings. The van der Waals surface area contributed by atoms with Crippen molar-refractivity contribution in [2.75, 3.05) is 39.2 Å². The highest BCUT2D eigenvalue weighted by Crippen LogP contribution is 2.27. The molecule has 0 spiro atoms. The summed E-state index contributed by atoms with van der Waals surface area (Å²) >= 11 is 0. The number of nitrogens with zero attached hydrogens (tertiary/aromatic N) is 3. The highest BCUT2D eigenvalue weighted by Gasteiger charge is 2.25. The molecule has 0 aliphatic carbocycles. The number of aromatic nitrogens is 2. The Labute approximate surface area is 257 Å². The maximum absolute atomic E-state index is 13.5. The number of likely N-dealkylation sites (N-methyl/N-ethyl adjacent to an activating group) is 1. The normalized spacial score (nSPS) is 15.5. The predicted molar refractivity (Wildman–Crippen MR) is 164 cm³/mol. The Morgan fingerprint density at radius 2 is 1.89 bits per heavy atom. The van der Waals surface area contributed by atoms with E-state index < -0.39 is 29.7 Å². The Kier molecular flexibility index (Phi) is 10.8. The van der Waals surface area contributed by atoms with E-state index in [2.05, 4.69) is 15.7 Å². The van der Waals surface area contributed by atoms with Crippen LogP contribution in [0.15, 0.2) is 60.9 Å². The number of carbonyl (C=O) groups excluding carboxylic acids is 3. The lowest BCUT2D eigenvalue weighted by atomic mass is 10.1. The van der Waals surface area contributed by atoms with E-state index in [9.17, 15) is 14.4 Å². The lowest BCUT2D eigenvalue weighted by Crippen LogP contribution is -2.39. The summed E-state index contributed by atoms with van der Waals surface area (Å²) in [4.78, 5) is 39.7. The first-order valence-electron chi connectivity index (χ1n) is 14.6. The number of carbonyl (C=O) groups is 3. The number of amides is 3. The van der Waals surface area contributed by atoms with Gasteiger partial charge in [-0.05, 0) is 75.4 Å². The molecule has 12 nitrogen and oxygen atoms in total. The molecule has 44 heavy (non-hydrogen) atoms. The van der Waals surface area contributed by atoms with Gasteiger partial charge in [0.05, 0.1) is 19.9 Å². The number of hydrogen-bond donors (Lipinski definition) is 2. The van der Waals surface area contributed by atoms with Crippen molar-refractivity contribution in [3.63, 3.8) is 0 Å². The van der Waals surface area contributed by atoms with E-state index in [0.717, 1.165) is 37.0 Å². The van der Waals surface area contributed by atoms with Gasteiger partial charge in [0, 0.05) is 31.1 Å². The summed E-state index contributed by atoms with van der Waals surface area (Å²) in [5.41, 5.74) is 2.27. The predicted octanol–water partition coefficient (Wildman–Crippen LogP) is 5.53. The Balaban J connectivity index is 1.39. The van der Waals surface area contributed by atoms with Crippen molar-refractivity contribution in [1.29, 1.82) is 0 Å². The molecule has 12 heteroatoms. The molecule has 2 unspecified atom stereocenters. The molecular weight excluding hydrogens is 566 g/mol. The number of alkyl carbamates (subject to hydrolysis) is 1. The maximum atomic E-state index is 13.5. The number of hydrogen-bond acceptors (Lipinski definition) is 8. The van der Waals surface area contributed by atoms with Gasteiger partial charge in [-0.15, -0.1) is 0 Å². The molecule has 2 aromatic carbocycles. The quantitative estimate of drug-likeness (QED) is 0.307. The third-order valence-electron chi connectivity index (χ3n) is 6.85. The summed E-state index contributed by atoms with van der Waals surface area (Å²) < 4.78 is 23.6. The van der Waals surface area contributed by atoms with Gasteiger partial charge in [0.15, 0.2) is 0 Å². The second-order valence-corrected chi connectivity index (χ2v) is 11.5. The Hall–Kier alpha value is -4.58. The van der Waals surface area contributed by atoms with E-state index in [1.165, 1.54) is 12.0 Å². The summed E-state index contributed by atoms with van der Waals surface area (Å²) in [5, 5.41) is 9.97. The molecule has 2 N–H and O–H groups in total. The molecule has 1 aliphatic rings. The monoisotopic (exact) mass is 607 g/mol. The number of nitrogens with one attached hydrogen (secondary N) is 2. The largest absolute Gasteiger partial charge is 0.497 e. The fourth-order valence-electron chi connectivity index (χ4n) is 4.52. The average molecular weight is 608 g/mol. The van der Waals surface area contributed by atoms with Crippen LogP contribution in [-0.2, 0) is 19.0 Å². The van der Waals surface area contributed by atoms with Crippen molar-refractivity contribution < 1.29 is 33.3 Å². The van der Waals surface area contributed by atoms with Gasteiger partial charge in [0.1, 0.15) is 30.2 Å². The van der Waals surface area contributed by atoms with Crippen LogP contribution in [0.4, 0.5) is 15.3 Å². The smallest absolute Gasteiger partial charge is 0.410 e. The van der Waals surface area contributed by atoms with Gasteiger partial charge in [0.25, 0.3) is 5.91 Å². The third kappa shape index (κ3) is 9.21. The van der Waals surface area contributed by atoms with Crippen LogP contribution in [0, 0.1) is 0 Å². The van der Waals surface area contributed by atoms with E-state index in [0.29, 0.717) is 17.0 Å². The zero-order valence-corrected chi connectivity index (χ0v) is 25.9. The van der Waals surface area contributed by atoms with Gasteiger partial charge in [-0.2, -0.15) is 5.10 Å². The number of benzene rings is 2. The SMILES string of the molecule is COc1cccc(C(NC(=O)OCCN(C)C(=O)OC(C)(C)C)C(=O)Nc2ccc(-c3cnn(C4CCCCO4)c3)cc2)c1. The zero-order chi connectivity index (χ0) is 31.7. The molecule has 2 atom stereocenters. The molecule has 0 radical (unpaired) electrons. The fourth-order valence-corrected chi connectivity index (χ4v) is 4.52. The second kappa shape index (κ2) is 14.7. The van der Waals surface area contributed by atoms with Crippen molar-refractivity contribution in [3.05, 3.63) is 66.5 Å². The van der Waals surface area contributed by atoms with Gasteiger partial charge >= 0.3 is 12.2 Å². The van der Waals surface area contributed by atoms with Gasteiger partial charge in [-0.25, -0.2) is 14.3 Å². The van der Waals surface area contributed by atoms with E-state index in [1.54, 1.807) is 70.4 Å². The minimum Gasteiger partial charge on any atom is -0.497 e. The first kappa shape index (κ1) is 32.3. The maximum Gasteiger partial charge on any atom is 0.410 e. The number of ether oxygens (including phenoxy) is 4. The molecular formula is C32H41N5O7. The van der Waals surface area contributed by atoms with Gasteiger partial charge in [0.2, 0.25) is 0 Å². The number of anilines is 1. The third-order valence-corrected chi connectivity index (χ3v) is 6.85. The molecule has 3 amide bonds. The molecule has 3 aromatic rings. The molecule has 0 saturated carbocycles. The van der Waals surface area contributed by atoms with Crippen LogP contribution in [0.3, 0.4) is 0 Å². The van der Waals surface area contributed by atoms with Crippen molar-refractivity contribution in [2.45, 2.75) is 57.9 Å². The highest BCUT2D eigenvalue weighted by atomic mass is 16.6. The number of rotatable bonds is 10. The molecule has 2 heterocycles. The number of methoxy groups -OCH3 is 1. The van der Waals surface area contributed by atoms with Gasteiger partial charge in [-0.1, -0.05) is 24.3 Å². The molecule has 0 bridgehead atoms. The minimum atomic E-state index is -1.09. The van der Waals surface area contributed by atoms with Crippen LogP contribution in [0.5, 0.6) is 5.75 Å². The van der Waals surface area contributed by atoms with Crippen molar-refractivity contribution >= 4 is 23.8 Å². The van der Waals surface area contributed by atoms with Crippen molar-refractivity contribution in [2.24, 2.45) is 0 Å². The van der Waals surface area contributed by atoms with Crippen LogP contribution in [-0.4, -0.2) is 72.3 Å². The Morgan fingerprint density at radius 3 is 2.57 bits per heavy atom. The van der Waals surface area contributed by atoms with E-state index >= 15 is 0 Å². The molecule has 1 aromatic heterocycles. The first-order chi connectivity index (χ1) is 21.0. The summed E-state index contributed by atoms with van der Waals surface area (Å²) in [6.45, 7) is 6.05. The second-order valence-electron chi connectivity index (χ2n) is 11.5. The fraction of sp³-hybridized carbons (Fsp3) is 0.438.